The summed E-state index contributed by atoms with van der Waals surface area (Å²) in [5.41, 5.74) is 4.83. The fourth-order valence-corrected chi connectivity index (χ4v) is 1.65. The van der Waals surface area contributed by atoms with E-state index >= 15 is 0 Å². The third kappa shape index (κ3) is 4.12. The largest absolute Gasteiger partial charge is 0.467 e. The number of alkyl halides is 6. The molecular weight excluding hydrogens is 290 g/mol. The highest BCUT2D eigenvalue weighted by Gasteiger charge is 2.58. The monoisotopic (exact) mass is 300 g/mol. The van der Waals surface area contributed by atoms with Crippen LogP contribution in [-0.2, 0) is 11.2 Å². The zero-order valence-electron chi connectivity index (χ0n) is 9.87. The van der Waals surface area contributed by atoms with Crippen LogP contribution in [0.1, 0.15) is 5.56 Å². The molecule has 1 aromatic rings. The topological polar surface area (TPSA) is 46.3 Å². The van der Waals surface area contributed by atoms with Gasteiger partial charge in [0.05, 0.1) is 0 Å². The average Bonchev–Trinajstić information content (AvgIpc) is 2.25. The van der Waals surface area contributed by atoms with E-state index in [0.29, 0.717) is 0 Å². The van der Waals surface area contributed by atoms with Crippen molar-refractivity contribution < 1.29 is 31.1 Å². The van der Waals surface area contributed by atoms with Crippen LogP contribution >= 0.6 is 0 Å². The lowest BCUT2D eigenvalue weighted by Gasteiger charge is -2.32. The number of rotatable bonds is 4. The number of nitrogens with two attached hydrogens (primary N) is 1. The zero-order valence-corrected chi connectivity index (χ0v) is 9.87. The van der Waals surface area contributed by atoms with Gasteiger partial charge in [0.1, 0.15) is 6.04 Å². The summed E-state index contributed by atoms with van der Waals surface area (Å²) in [5, 5.41) is 0. The van der Waals surface area contributed by atoms with E-state index in [1.165, 1.54) is 30.3 Å². The Labute approximate surface area is 110 Å². The van der Waals surface area contributed by atoms with Gasteiger partial charge in [-0.05, 0) is 12.0 Å². The van der Waals surface area contributed by atoms with Gasteiger partial charge in [-0.1, -0.05) is 30.3 Å². The number of hydrogen-bond acceptors (Lipinski definition) is 2. The smallest absolute Gasteiger partial charge is 0.368 e. The third-order valence-electron chi connectivity index (χ3n) is 2.46. The number of halogens is 6. The van der Waals surface area contributed by atoms with Gasteiger partial charge in [-0.3, -0.25) is 4.79 Å². The molecule has 0 aliphatic rings. The van der Waals surface area contributed by atoms with Gasteiger partial charge in [0.2, 0.25) is 5.91 Å². The van der Waals surface area contributed by atoms with Crippen LogP contribution in [0, 0.1) is 0 Å². The lowest BCUT2D eigenvalue weighted by molar-refractivity contribution is -0.381. The number of hydrogen-bond donors (Lipinski definition) is 1. The quantitative estimate of drug-likeness (QED) is 0.685. The fraction of sp³-hybridized carbons (Fsp3) is 0.364. The second-order valence-corrected chi connectivity index (χ2v) is 3.91. The number of primary amides is 1. The fourth-order valence-electron chi connectivity index (χ4n) is 1.65. The summed E-state index contributed by atoms with van der Waals surface area (Å²) in [6.45, 7) is 0. The average molecular weight is 300 g/mol. The molecule has 0 bridgehead atoms. The minimum atomic E-state index is -5.76. The van der Waals surface area contributed by atoms with Crippen LogP contribution in [0.15, 0.2) is 30.3 Å². The van der Waals surface area contributed by atoms with Crippen molar-refractivity contribution in [3.8, 4) is 0 Å². The van der Waals surface area contributed by atoms with Crippen molar-refractivity contribution >= 4 is 5.91 Å². The van der Waals surface area contributed by atoms with E-state index < -0.39 is 35.9 Å². The summed E-state index contributed by atoms with van der Waals surface area (Å²) < 4.78 is 75.2. The molecule has 1 unspecified atom stereocenters. The first-order chi connectivity index (χ1) is 9.03. The molecule has 0 spiro atoms. The number of nitrogens with zero attached hydrogens (tertiary/aromatic N) is 1. The Morgan fingerprint density at radius 1 is 1.05 bits per heavy atom. The van der Waals surface area contributed by atoms with Crippen molar-refractivity contribution in [1.29, 1.82) is 0 Å². The number of amides is 1. The molecule has 0 saturated heterocycles. The molecule has 2 N–H and O–H groups in total. The van der Waals surface area contributed by atoms with Crippen molar-refractivity contribution in [2.24, 2.45) is 5.73 Å². The first-order valence-corrected chi connectivity index (χ1v) is 5.29. The lowest BCUT2D eigenvalue weighted by Crippen LogP contribution is -2.58. The van der Waals surface area contributed by atoms with E-state index in [9.17, 15) is 31.1 Å². The van der Waals surface area contributed by atoms with E-state index in [1.54, 1.807) is 0 Å². The van der Waals surface area contributed by atoms with Crippen LogP contribution in [0.3, 0.4) is 0 Å². The van der Waals surface area contributed by atoms with E-state index in [0.717, 1.165) is 0 Å². The Hall–Kier alpha value is -1.77. The lowest BCUT2D eigenvalue weighted by atomic mass is 10.0. The first kappa shape index (κ1) is 16.3. The molecule has 1 amide bonds. The Balaban J connectivity index is 3.13. The summed E-state index contributed by atoms with van der Waals surface area (Å²) in [6, 6.07) is 4.45. The molecule has 1 rings (SSSR count). The molecule has 0 aliphatic carbocycles. The van der Waals surface area contributed by atoms with Gasteiger partial charge in [0, 0.05) is 0 Å². The summed E-state index contributed by atoms with van der Waals surface area (Å²) in [6.07, 6.45) is -12.3. The van der Waals surface area contributed by atoms with E-state index in [2.05, 4.69) is 0 Å². The Kier molecular flexibility index (Phi) is 4.64. The molecule has 9 heteroatoms. The molecule has 3 nitrogen and oxygen atoms in total. The minimum Gasteiger partial charge on any atom is -0.368 e. The highest BCUT2D eigenvalue weighted by Crippen LogP contribution is 2.36. The maximum atomic E-state index is 12.5. The van der Waals surface area contributed by atoms with Crippen LogP contribution < -0.4 is 5.73 Å². The predicted molar refractivity (Wildman–Crippen MR) is 57.1 cm³/mol. The maximum Gasteiger partial charge on any atom is 0.467 e. The third-order valence-corrected chi connectivity index (χ3v) is 2.46. The summed E-state index contributed by atoms with van der Waals surface area (Å²) in [7, 11) is 0. The van der Waals surface area contributed by atoms with Gasteiger partial charge in [0.25, 0.3) is 0 Å². The molecule has 0 radical (unpaired) electrons. The molecule has 1 aromatic carbocycles. The van der Waals surface area contributed by atoms with Gasteiger partial charge < -0.3 is 5.73 Å². The number of carbonyl (C=O) groups is 1. The summed E-state index contributed by atoms with van der Waals surface area (Å²) in [5.74, 6) is -1.71. The van der Waals surface area contributed by atoms with Crippen molar-refractivity contribution in [1.82, 2.24) is 4.90 Å². The summed E-state index contributed by atoms with van der Waals surface area (Å²) in [4.78, 5) is 9.24. The number of carbonyl (C=O) groups excluding carboxylic acids is 1. The Bertz CT molecular complexity index is 442. The molecule has 1 atom stereocenters. The maximum absolute atomic E-state index is 12.5. The SMILES string of the molecule is NC(=O)C(Cc1ccccc1)N(C(F)(F)F)C(F)(F)F. The van der Waals surface area contributed by atoms with Gasteiger partial charge in [0.15, 0.2) is 0 Å². The van der Waals surface area contributed by atoms with Crippen molar-refractivity contribution in [3.05, 3.63) is 35.9 Å². The normalized spacial score (nSPS) is 14.3. The highest BCUT2D eigenvalue weighted by molar-refractivity contribution is 5.80. The van der Waals surface area contributed by atoms with Crippen LogP contribution in [0.4, 0.5) is 26.3 Å². The van der Waals surface area contributed by atoms with E-state index in [4.69, 9.17) is 5.73 Å². The molecule has 112 valence electrons. The van der Waals surface area contributed by atoms with Crippen molar-refractivity contribution in [2.45, 2.75) is 25.1 Å². The Morgan fingerprint density at radius 3 is 1.85 bits per heavy atom. The van der Waals surface area contributed by atoms with Crippen LogP contribution in [-0.4, -0.2) is 29.4 Å². The standard InChI is InChI=1S/C11H10F6N2O/c12-10(13,14)19(11(15,16)17)8(9(18)20)6-7-4-2-1-3-5-7/h1-5,8H,6H2,(H2,18,20). The van der Waals surface area contributed by atoms with Gasteiger partial charge in [-0.25, -0.2) is 0 Å². The molecule has 0 heterocycles. The van der Waals surface area contributed by atoms with Gasteiger partial charge in [-0.15, -0.1) is 4.90 Å². The van der Waals surface area contributed by atoms with Crippen LogP contribution in [0.25, 0.3) is 0 Å². The van der Waals surface area contributed by atoms with Gasteiger partial charge >= 0.3 is 12.6 Å². The molecule has 20 heavy (non-hydrogen) atoms. The zero-order chi connectivity index (χ0) is 15.6. The highest BCUT2D eigenvalue weighted by atomic mass is 19.4. The Morgan fingerprint density at radius 2 is 1.50 bits per heavy atom. The molecule has 0 aliphatic heterocycles. The number of benzene rings is 1. The van der Waals surface area contributed by atoms with Crippen LogP contribution in [0.5, 0.6) is 0 Å². The molecule has 0 aromatic heterocycles. The second-order valence-electron chi connectivity index (χ2n) is 3.91. The molecular formula is C11H10F6N2O. The van der Waals surface area contributed by atoms with Crippen molar-refractivity contribution in [3.63, 3.8) is 0 Å². The van der Waals surface area contributed by atoms with E-state index in [1.807, 2.05) is 0 Å². The first-order valence-electron chi connectivity index (χ1n) is 5.29. The van der Waals surface area contributed by atoms with Crippen molar-refractivity contribution in [2.75, 3.05) is 0 Å². The second kappa shape index (κ2) is 5.70. The van der Waals surface area contributed by atoms with E-state index in [-0.39, 0.29) is 5.56 Å². The summed E-state index contributed by atoms with van der Waals surface area (Å²) >= 11 is 0. The van der Waals surface area contributed by atoms with Crippen LogP contribution in [0.2, 0.25) is 0 Å². The molecule has 0 saturated carbocycles. The predicted octanol–water partition coefficient (Wildman–Crippen LogP) is 2.42. The van der Waals surface area contributed by atoms with Gasteiger partial charge in [-0.2, -0.15) is 26.3 Å². The molecule has 0 fully saturated rings. The minimum absolute atomic E-state index is 0.134.